The summed E-state index contributed by atoms with van der Waals surface area (Å²) in [6.45, 7) is 0.388. The van der Waals surface area contributed by atoms with Crippen LogP contribution in [-0.2, 0) is 6.54 Å². The molecule has 0 bridgehead atoms. The Labute approximate surface area is 164 Å². The van der Waals surface area contributed by atoms with Crippen molar-refractivity contribution in [2.45, 2.75) is 6.54 Å². The average molecular weight is 391 g/mol. The lowest BCUT2D eigenvalue weighted by molar-refractivity contribution is 0.0950. The summed E-state index contributed by atoms with van der Waals surface area (Å²) < 4.78 is 28.3. The molecule has 144 valence electrons. The Morgan fingerprint density at radius 2 is 1.86 bits per heavy atom. The number of carbonyl (C=O) groups excluding carboxylic acids is 1. The molecule has 0 aliphatic carbocycles. The van der Waals surface area contributed by atoms with E-state index in [0.717, 1.165) is 17.7 Å². The molecule has 3 aromatic heterocycles. The summed E-state index contributed by atoms with van der Waals surface area (Å²) in [7, 11) is 0. The molecule has 1 N–H and O–H groups in total. The van der Waals surface area contributed by atoms with Crippen LogP contribution >= 0.6 is 0 Å². The van der Waals surface area contributed by atoms with Gasteiger partial charge in [-0.3, -0.25) is 14.8 Å². The van der Waals surface area contributed by atoms with E-state index in [-0.39, 0.29) is 11.6 Å². The van der Waals surface area contributed by atoms with Crippen LogP contribution in [0.4, 0.5) is 8.78 Å². The van der Waals surface area contributed by atoms with Gasteiger partial charge in [0.2, 0.25) is 0 Å². The maximum absolute atomic E-state index is 13.9. The standard InChI is InChI=1S/C21H15F2N5O/c22-17-2-4-20(18(23)9-17)28-13-16(12-27-28)19-3-1-15(11-25-19)21(29)26-10-14-5-7-24-8-6-14/h1-9,11-13H,10H2,(H,26,29). The van der Waals surface area contributed by atoms with Crippen LogP contribution in [0.3, 0.4) is 0 Å². The van der Waals surface area contributed by atoms with E-state index in [9.17, 15) is 13.6 Å². The molecule has 8 heteroatoms. The highest BCUT2D eigenvalue weighted by molar-refractivity contribution is 5.94. The first kappa shape index (κ1) is 18.4. The second-order valence-corrected chi connectivity index (χ2v) is 6.24. The molecule has 6 nitrogen and oxygen atoms in total. The predicted octanol–water partition coefficient (Wildman–Crippen LogP) is 3.54. The quantitative estimate of drug-likeness (QED) is 0.565. The second-order valence-electron chi connectivity index (χ2n) is 6.24. The summed E-state index contributed by atoms with van der Waals surface area (Å²) in [6, 6.07) is 10.3. The predicted molar refractivity (Wildman–Crippen MR) is 102 cm³/mol. The molecule has 0 fully saturated rings. The van der Waals surface area contributed by atoms with E-state index < -0.39 is 11.6 Å². The molecule has 0 radical (unpaired) electrons. The first-order valence-corrected chi connectivity index (χ1v) is 8.74. The number of aromatic nitrogens is 4. The number of hydrogen-bond donors (Lipinski definition) is 1. The van der Waals surface area contributed by atoms with Crippen LogP contribution in [0.2, 0.25) is 0 Å². The number of amides is 1. The van der Waals surface area contributed by atoms with E-state index in [4.69, 9.17) is 0 Å². The molecule has 0 atom stereocenters. The molecule has 4 aromatic rings. The summed E-state index contributed by atoms with van der Waals surface area (Å²) >= 11 is 0. The zero-order chi connectivity index (χ0) is 20.2. The maximum Gasteiger partial charge on any atom is 0.253 e. The van der Waals surface area contributed by atoms with Gasteiger partial charge >= 0.3 is 0 Å². The molecule has 0 unspecified atom stereocenters. The highest BCUT2D eigenvalue weighted by Crippen LogP contribution is 2.20. The Balaban J connectivity index is 1.47. The van der Waals surface area contributed by atoms with E-state index in [0.29, 0.717) is 23.4 Å². The van der Waals surface area contributed by atoms with Gasteiger partial charge < -0.3 is 5.32 Å². The van der Waals surface area contributed by atoms with E-state index in [1.807, 2.05) is 12.1 Å². The van der Waals surface area contributed by atoms with Crippen molar-refractivity contribution in [1.82, 2.24) is 25.1 Å². The molecule has 4 rings (SSSR count). The maximum atomic E-state index is 13.9. The lowest BCUT2D eigenvalue weighted by atomic mass is 10.2. The van der Waals surface area contributed by atoms with Gasteiger partial charge in [0.25, 0.3) is 5.91 Å². The van der Waals surface area contributed by atoms with Crippen LogP contribution < -0.4 is 5.32 Å². The number of nitrogens with one attached hydrogen (secondary N) is 1. The molecule has 0 aliphatic rings. The fourth-order valence-electron chi connectivity index (χ4n) is 2.74. The first-order valence-electron chi connectivity index (χ1n) is 8.74. The van der Waals surface area contributed by atoms with Crippen molar-refractivity contribution >= 4 is 5.91 Å². The normalized spacial score (nSPS) is 10.7. The molecular weight excluding hydrogens is 376 g/mol. The summed E-state index contributed by atoms with van der Waals surface area (Å²) in [5, 5.41) is 6.92. The summed E-state index contributed by atoms with van der Waals surface area (Å²) in [5.41, 5.74) is 2.70. The number of pyridine rings is 2. The number of carbonyl (C=O) groups is 1. The monoisotopic (exact) mass is 391 g/mol. The molecule has 1 amide bonds. The third-order valence-corrected chi connectivity index (χ3v) is 4.26. The van der Waals surface area contributed by atoms with Gasteiger partial charge in [-0.1, -0.05) is 0 Å². The molecule has 0 aliphatic heterocycles. The SMILES string of the molecule is O=C(NCc1ccncc1)c1ccc(-c2cnn(-c3ccc(F)cc3F)c2)nc1. The van der Waals surface area contributed by atoms with Crippen LogP contribution in [0.15, 0.2) is 73.4 Å². The van der Waals surface area contributed by atoms with Crippen LogP contribution in [0.25, 0.3) is 16.9 Å². The minimum absolute atomic E-state index is 0.129. The molecule has 1 aromatic carbocycles. The highest BCUT2D eigenvalue weighted by Gasteiger charge is 2.11. The zero-order valence-corrected chi connectivity index (χ0v) is 15.1. The molecule has 0 spiro atoms. The number of hydrogen-bond acceptors (Lipinski definition) is 4. The lowest BCUT2D eigenvalue weighted by Gasteiger charge is -2.05. The van der Waals surface area contributed by atoms with Gasteiger partial charge in [0, 0.05) is 43.0 Å². The summed E-state index contributed by atoms with van der Waals surface area (Å²) in [5.74, 6) is -1.61. The van der Waals surface area contributed by atoms with E-state index >= 15 is 0 Å². The Bertz CT molecular complexity index is 1140. The number of halogens is 2. The average Bonchev–Trinajstić information content (AvgIpc) is 3.23. The Hall–Kier alpha value is -3.94. The smallest absolute Gasteiger partial charge is 0.253 e. The Morgan fingerprint density at radius 3 is 2.59 bits per heavy atom. The highest BCUT2D eigenvalue weighted by atomic mass is 19.1. The topological polar surface area (TPSA) is 72.7 Å². The minimum atomic E-state index is -0.714. The lowest BCUT2D eigenvalue weighted by Crippen LogP contribution is -2.22. The third-order valence-electron chi connectivity index (χ3n) is 4.26. The van der Waals surface area contributed by atoms with Crippen LogP contribution in [0.5, 0.6) is 0 Å². The third kappa shape index (κ3) is 4.16. The Morgan fingerprint density at radius 1 is 1.03 bits per heavy atom. The minimum Gasteiger partial charge on any atom is -0.348 e. The summed E-state index contributed by atoms with van der Waals surface area (Å²) in [4.78, 5) is 20.5. The summed E-state index contributed by atoms with van der Waals surface area (Å²) in [6.07, 6.45) is 7.90. The molecule has 3 heterocycles. The molecule has 0 saturated carbocycles. The van der Waals surface area contributed by atoms with Crippen molar-refractivity contribution < 1.29 is 13.6 Å². The van der Waals surface area contributed by atoms with Gasteiger partial charge in [-0.15, -0.1) is 0 Å². The molecule has 0 saturated heterocycles. The van der Waals surface area contributed by atoms with E-state index in [2.05, 4.69) is 20.4 Å². The zero-order valence-electron chi connectivity index (χ0n) is 15.1. The number of benzene rings is 1. The van der Waals surface area contributed by atoms with Crippen molar-refractivity contribution in [3.8, 4) is 16.9 Å². The largest absolute Gasteiger partial charge is 0.348 e. The first-order chi connectivity index (χ1) is 14.1. The van der Waals surface area contributed by atoms with E-state index in [1.54, 1.807) is 30.7 Å². The second kappa shape index (κ2) is 7.97. The van der Waals surface area contributed by atoms with Crippen molar-refractivity contribution in [2.75, 3.05) is 0 Å². The van der Waals surface area contributed by atoms with Gasteiger partial charge in [-0.2, -0.15) is 5.10 Å². The van der Waals surface area contributed by atoms with Gasteiger partial charge in [0.05, 0.1) is 17.5 Å². The van der Waals surface area contributed by atoms with Crippen molar-refractivity contribution in [1.29, 1.82) is 0 Å². The van der Waals surface area contributed by atoms with Gasteiger partial charge in [0.1, 0.15) is 11.5 Å². The van der Waals surface area contributed by atoms with Gasteiger partial charge in [-0.05, 0) is 42.0 Å². The van der Waals surface area contributed by atoms with Gasteiger partial charge in [0.15, 0.2) is 5.82 Å². The number of rotatable bonds is 5. The number of nitrogens with zero attached hydrogens (tertiary/aromatic N) is 4. The van der Waals surface area contributed by atoms with Crippen molar-refractivity contribution in [3.63, 3.8) is 0 Å². The van der Waals surface area contributed by atoms with Gasteiger partial charge in [-0.25, -0.2) is 13.5 Å². The fourth-order valence-corrected chi connectivity index (χ4v) is 2.74. The fraction of sp³-hybridized carbons (Fsp3) is 0.0476. The molecule has 29 heavy (non-hydrogen) atoms. The van der Waals surface area contributed by atoms with E-state index in [1.165, 1.54) is 23.1 Å². The van der Waals surface area contributed by atoms with Crippen LogP contribution in [0.1, 0.15) is 15.9 Å². The van der Waals surface area contributed by atoms with Crippen molar-refractivity contribution in [2.24, 2.45) is 0 Å². The van der Waals surface area contributed by atoms with Crippen LogP contribution in [-0.4, -0.2) is 25.7 Å². The van der Waals surface area contributed by atoms with Crippen molar-refractivity contribution in [3.05, 3.63) is 96.2 Å². The van der Waals surface area contributed by atoms with Crippen LogP contribution in [0, 0.1) is 11.6 Å². The molecular formula is C21H15F2N5O. The Kier molecular flexibility index (Phi) is 5.07.